The Bertz CT molecular complexity index is 1350. The van der Waals surface area contributed by atoms with E-state index in [-0.39, 0.29) is 23.4 Å². The molecule has 2 aliphatic rings. The van der Waals surface area contributed by atoms with Crippen LogP contribution in [-0.4, -0.2) is 41.9 Å². The molecule has 1 saturated heterocycles. The first-order chi connectivity index (χ1) is 14.5. The molecule has 1 N–H and O–H groups in total. The third kappa shape index (κ3) is 2.62. The number of hydrogen-bond donors (Lipinski definition) is 1. The molecule has 1 aliphatic carbocycles. The van der Waals surface area contributed by atoms with Crippen molar-refractivity contribution in [2.75, 3.05) is 6.61 Å². The molecule has 4 heterocycles. The average molecular weight is 428 g/mol. The Morgan fingerprint density at radius 3 is 2.93 bits per heavy atom. The average Bonchev–Trinajstić information content (AvgIpc) is 3.22. The molecule has 154 valence electrons. The second kappa shape index (κ2) is 6.37. The van der Waals surface area contributed by atoms with Crippen molar-refractivity contribution in [3.05, 3.63) is 45.8 Å². The Morgan fingerprint density at radius 1 is 1.30 bits per heavy atom. The number of aliphatic hydroxyl groups is 1. The van der Waals surface area contributed by atoms with E-state index in [0.29, 0.717) is 47.7 Å². The molecular formula is C20H18ClN5O4. The van der Waals surface area contributed by atoms with Gasteiger partial charge in [0.15, 0.2) is 0 Å². The molecule has 9 nitrogen and oxygen atoms in total. The summed E-state index contributed by atoms with van der Waals surface area (Å²) in [7, 11) is 0. The predicted octanol–water partition coefficient (Wildman–Crippen LogP) is 2.51. The van der Waals surface area contributed by atoms with Crippen LogP contribution in [0.15, 0.2) is 33.8 Å². The fourth-order valence-electron chi connectivity index (χ4n) is 4.10. The van der Waals surface area contributed by atoms with Gasteiger partial charge in [-0.3, -0.25) is 9.20 Å². The van der Waals surface area contributed by atoms with Crippen molar-refractivity contribution in [2.45, 2.75) is 43.9 Å². The van der Waals surface area contributed by atoms with Gasteiger partial charge in [-0.2, -0.15) is 4.98 Å². The molecule has 3 aromatic heterocycles. The quantitative estimate of drug-likeness (QED) is 0.533. The van der Waals surface area contributed by atoms with Gasteiger partial charge in [-0.1, -0.05) is 22.8 Å². The van der Waals surface area contributed by atoms with Crippen molar-refractivity contribution >= 4 is 28.2 Å². The molecule has 6 rings (SSSR count). The molecule has 1 aliphatic heterocycles. The summed E-state index contributed by atoms with van der Waals surface area (Å²) in [4.78, 5) is 22.3. The third-order valence-electron chi connectivity index (χ3n) is 5.88. The molecular weight excluding hydrogens is 410 g/mol. The minimum atomic E-state index is -1.05. The molecule has 0 radical (unpaired) electrons. The van der Waals surface area contributed by atoms with E-state index in [0.717, 1.165) is 18.4 Å². The highest BCUT2D eigenvalue weighted by atomic mass is 35.5. The van der Waals surface area contributed by atoms with E-state index in [4.69, 9.17) is 20.9 Å². The van der Waals surface area contributed by atoms with Gasteiger partial charge in [-0.15, -0.1) is 0 Å². The van der Waals surface area contributed by atoms with Crippen molar-refractivity contribution in [2.24, 2.45) is 0 Å². The molecule has 1 saturated carbocycles. The third-order valence-corrected chi connectivity index (χ3v) is 6.18. The van der Waals surface area contributed by atoms with Crippen LogP contribution >= 0.6 is 11.6 Å². The number of rotatable bonds is 4. The number of benzene rings is 1. The number of ether oxygens (including phenoxy) is 1. The normalized spacial score (nSPS) is 20.4. The molecule has 0 spiro atoms. The molecule has 4 aromatic rings. The van der Waals surface area contributed by atoms with Crippen LogP contribution < -0.4 is 5.56 Å². The van der Waals surface area contributed by atoms with Gasteiger partial charge in [0.25, 0.3) is 11.4 Å². The minimum Gasteiger partial charge on any atom is -0.380 e. The van der Waals surface area contributed by atoms with Crippen molar-refractivity contribution in [1.82, 2.24) is 24.1 Å². The SMILES string of the molecule is O=c1c2c(-c3noc(C4(O)CC4)n3)ncn2c2cccc(Cl)c2n1CC1CCCO1. The van der Waals surface area contributed by atoms with Gasteiger partial charge in [0, 0.05) is 6.61 Å². The summed E-state index contributed by atoms with van der Waals surface area (Å²) >= 11 is 6.50. The summed E-state index contributed by atoms with van der Waals surface area (Å²) in [5.41, 5.74) is 0.715. The van der Waals surface area contributed by atoms with E-state index in [2.05, 4.69) is 15.1 Å². The summed E-state index contributed by atoms with van der Waals surface area (Å²) in [5.74, 6) is 0.331. The number of imidazole rings is 1. The molecule has 0 bridgehead atoms. The van der Waals surface area contributed by atoms with Crippen LogP contribution in [0.5, 0.6) is 0 Å². The summed E-state index contributed by atoms with van der Waals surface area (Å²) < 4.78 is 14.4. The number of fused-ring (bicyclic) bond motifs is 3. The molecule has 1 atom stereocenters. The van der Waals surface area contributed by atoms with Crippen molar-refractivity contribution in [3.63, 3.8) is 0 Å². The van der Waals surface area contributed by atoms with Crippen LogP contribution in [0, 0.1) is 0 Å². The Balaban J connectivity index is 1.60. The van der Waals surface area contributed by atoms with E-state index in [1.165, 1.54) is 0 Å². The van der Waals surface area contributed by atoms with Crippen LogP contribution in [-0.2, 0) is 16.9 Å². The minimum absolute atomic E-state index is 0.0446. The van der Waals surface area contributed by atoms with Crippen molar-refractivity contribution < 1.29 is 14.4 Å². The highest BCUT2D eigenvalue weighted by Crippen LogP contribution is 2.44. The zero-order chi connectivity index (χ0) is 20.5. The first kappa shape index (κ1) is 18.1. The zero-order valence-electron chi connectivity index (χ0n) is 15.9. The van der Waals surface area contributed by atoms with Crippen molar-refractivity contribution in [1.29, 1.82) is 0 Å². The number of para-hydroxylation sites is 1. The molecule has 1 aromatic carbocycles. The largest absolute Gasteiger partial charge is 0.380 e. The Kier molecular flexibility index (Phi) is 3.83. The van der Waals surface area contributed by atoms with E-state index in [9.17, 15) is 9.90 Å². The molecule has 30 heavy (non-hydrogen) atoms. The first-order valence-corrected chi connectivity index (χ1v) is 10.3. The highest BCUT2D eigenvalue weighted by Gasteiger charge is 2.48. The van der Waals surface area contributed by atoms with Crippen LogP contribution in [0.3, 0.4) is 0 Å². The van der Waals surface area contributed by atoms with Gasteiger partial charge in [-0.25, -0.2) is 4.98 Å². The van der Waals surface area contributed by atoms with Gasteiger partial charge >= 0.3 is 0 Å². The van der Waals surface area contributed by atoms with Gasteiger partial charge in [0.05, 0.1) is 28.7 Å². The molecule has 1 unspecified atom stereocenters. The van der Waals surface area contributed by atoms with Gasteiger partial charge < -0.3 is 18.9 Å². The second-order valence-corrected chi connectivity index (χ2v) is 8.33. The first-order valence-electron chi connectivity index (χ1n) is 9.92. The maximum absolute atomic E-state index is 13.6. The maximum atomic E-state index is 13.6. The lowest BCUT2D eigenvalue weighted by atomic mass is 10.2. The fourth-order valence-corrected chi connectivity index (χ4v) is 4.37. The lowest BCUT2D eigenvalue weighted by molar-refractivity contribution is 0.0973. The number of aromatic nitrogens is 5. The zero-order valence-corrected chi connectivity index (χ0v) is 16.7. The summed E-state index contributed by atoms with van der Waals surface area (Å²) in [6, 6.07) is 5.49. The standard InChI is InChI=1S/C20H18ClN5O4/c21-12-4-1-5-13-15(12)25(9-11-3-2-8-29-11)18(27)16-14(22-10-26(13)16)17-23-19(30-24-17)20(28)6-7-20/h1,4-5,10-11,28H,2-3,6-9H2. The number of halogens is 1. The number of hydrogen-bond acceptors (Lipinski definition) is 7. The van der Waals surface area contributed by atoms with Gasteiger partial charge in [-0.05, 0) is 37.8 Å². The van der Waals surface area contributed by atoms with Crippen LogP contribution in [0.4, 0.5) is 0 Å². The highest BCUT2D eigenvalue weighted by molar-refractivity contribution is 6.35. The Morgan fingerprint density at radius 2 is 2.17 bits per heavy atom. The van der Waals surface area contributed by atoms with E-state index >= 15 is 0 Å². The summed E-state index contributed by atoms with van der Waals surface area (Å²) in [6.45, 7) is 1.09. The molecule has 10 heteroatoms. The van der Waals surface area contributed by atoms with Gasteiger partial charge in [0.1, 0.15) is 23.1 Å². The molecule has 0 amide bonds. The second-order valence-electron chi connectivity index (χ2n) is 7.92. The van der Waals surface area contributed by atoms with E-state index in [1.54, 1.807) is 21.4 Å². The number of nitrogens with zero attached hydrogens (tertiary/aromatic N) is 5. The predicted molar refractivity (Wildman–Crippen MR) is 107 cm³/mol. The smallest absolute Gasteiger partial charge is 0.277 e. The fraction of sp³-hybridized carbons (Fsp3) is 0.400. The lowest BCUT2D eigenvalue weighted by Crippen LogP contribution is -2.28. The van der Waals surface area contributed by atoms with Crippen LogP contribution in [0.2, 0.25) is 5.02 Å². The topological polar surface area (TPSA) is 108 Å². The van der Waals surface area contributed by atoms with Crippen LogP contribution in [0.1, 0.15) is 31.6 Å². The van der Waals surface area contributed by atoms with Crippen molar-refractivity contribution in [3.8, 4) is 11.5 Å². The van der Waals surface area contributed by atoms with Gasteiger partial charge in [0.2, 0.25) is 5.82 Å². The van der Waals surface area contributed by atoms with Crippen LogP contribution in [0.25, 0.3) is 28.1 Å². The maximum Gasteiger partial charge on any atom is 0.277 e. The Labute approximate surface area is 174 Å². The summed E-state index contributed by atoms with van der Waals surface area (Å²) in [5, 5.41) is 14.7. The molecule has 2 fully saturated rings. The van der Waals surface area contributed by atoms with E-state index in [1.807, 2.05) is 12.1 Å². The summed E-state index contributed by atoms with van der Waals surface area (Å²) in [6.07, 6.45) is 4.54. The van der Waals surface area contributed by atoms with E-state index < -0.39 is 5.60 Å². The Hall–Kier alpha value is -2.75. The monoisotopic (exact) mass is 427 g/mol. The lowest BCUT2D eigenvalue weighted by Gasteiger charge is -2.16.